The molecule has 0 saturated carbocycles. The van der Waals surface area contributed by atoms with Crippen LogP contribution in [0.15, 0.2) is 35.3 Å². The average molecular weight is 420 g/mol. The lowest BCUT2D eigenvalue weighted by Gasteiger charge is -2.05. The number of terminal acetylenes is 1. The number of non-ortho nitro benzene ring substituents is 1. The van der Waals surface area contributed by atoms with Gasteiger partial charge in [-0.05, 0) is 30.7 Å². The van der Waals surface area contributed by atoms with Crippen molar-refractivity contribution in [3.05, 3.63) is 66.4 Å². The molecule has 1 aromatic heterocycles. The summed E-state index contributed by atoms with van der Waals surface area (Å²) >= 11 is 13.5. The van der Waals surface area contributed by atoms with Gasteiger partial charge in [0.1, 0.15) is 0 Å². The number of rotatable bonds is 3. The van der Waals surface area contributed by atoms with Gasteiger partial charge in [0, 0.05) is 17.2 Å². The first-order chi connectivity index (χ1) is 12.8. The molecule has 1 amide bonds. The molecular formula is C18H11Cl2N3O3S. The number of hydrogen-bond donors (Lipinski definition) is 0. The third-order valence-corrected chi connectivity index (χ3v) is 5.65. The zero-order chi connectivity index (χ0) is 19.7. The molecule has 0 unspecified atom stereocenters. The minimum absolute atomic E-state index is 0.0506. The van der Waals surface area contributed by atoms with Crippen molar-refractivity contribution < 1.29 is 9.72 Å². The van der Waals surface area contributed by atoms with Gasteiger partial charge >= 0.3 is 0 Å². The van der Waals surface area contributed by atoms with Gasteiger partial charge in [0.15, 0.2) is 4.80 Å². The van der Waals surface area contributed by atoms with Crippen LogP contribution in [0, 0.1) is 29.4 Å². The highest BCUT2D eigenvalue weighted by atomic mass is 35.5. The van der Waals surface area contributed by atoms with Crippen LogP contribution < -0.4 is 4.80 Å². The maximum Gasteiger partial charge on any atom is 0.281 e. The molecule has 6 nitrogen and oxygen atoms in total. The fourth-order valence-electron chi connectivity index (χ4n) is 2.58. The van der Waals surface area contributed by atoms with Crippen LogP contribution >= 0.6 is 34.5 Å². The molecule has 0 aliphatic heterocycles. The number of carbonyl (C=O) groups excluding carboxylic acids is 1. The minimum Gasteiger partial charge on any atom is -0.304 e. The quantitative estimate of drug-likeness (QED) is 0.353. The fourth-order valence-corrected chi connectivity index (χ4v) is 4.01. The molecule has 0 aliphatic rings. The van der Waals surface area contributed by atoms with Crippen molar-refractivity contribution >= 4 is 56.3 Å². The number of hydrogen-bond acceptors (Lipinski definition) is 4. The number of fused-ring (bicyclic) bond motifs is 1. The van der Waals surface area contributed by atoms with Gasteiger partial charge in [0.25, 0.3) is 11.6 Å². The number of thiazole rings is 1. The highest BCUT2D eigenvalue weighted by Crippen LogP contribution is 2.27. The van der Waals surface area contributed by atoms with Crippen LogP contribution in [0.2, 0.25) is 10.0 Å². The van der Waals surface area contributed by atoms with Crippen LogP contribution in [0.25, 0.3) is 10.2 Å². The lowest BCUT2D eigenvalue weighted by molar-refractivity contribution is -0.384. The highest BCUT2D eigenvalue weighted by molar-refractivity contribution is 7.16. The van der Waals surface area contributed by atoms with Gasteiger partial charge < -0.3 is 4.57 Å². The zero-order valence-corrected chi connectivity index (χ0v) is 16.2. The SMILES string of the molecule is C#CCn1c(=NC(=O)c2cc([N+](=O)[O-])ccc2Cl)sc2ccc(Cl)c(C)c21. The maximum absolute atomic E-state index is 12.6. The van der Waals surface area contributed by atoms with E-state index in [2.05, 4.69) is 10.9 Å². The van der Waals surface area contributed by atoms with E-state index in [1.54, 1.807) is 10.6 Å². The molecule has 136 valence electrons. The molecule has 27 heavy (non-hydrogen) atoms. The number of halogens is 2. The van der Waals surface area contributed by atoms with Crippen molar-refractivity contribution in [3.63, 3.8) is 0 Å². The zero-order valence-electron chi connectivity index (χ0n) is 13.9. The Morgan fingerprint density at radius 2 is 2.04 bits per heavy atom. The van der Waals surface area contributed by atoms with Crippen molar-refractivity contribution in [1.82, 2.24) is 4.57 Å². The second-order valence-corrected chi connectivity index (χ2v) is 7.36. The first-order valence-electron chi connectivity index (χ1n) is 7.58. The van der Waals surface area contributed by atoms with Crippen molar-refractivity contribution in [2.24, 2.45) is 4.99 Å². The summed E-state index contributed by atoms with van der Waals surface area (Å²) in [5, 5.41) is 11.6. The molecule has 1 heterocycles. The molecule has 0 atom stereocenters. The Labute approximate surface area is 167 Å². The van der Waals surface area contributed by atoms with Crippen molar-refractivity contribution in [2.45, 2.75) is 13.5 Å². The van der Waals surface area contributed by atoms with E-state index in [1.807, 2.05) is 13.0 Å². The highest BCUT2D eigenvalue weighted by Gasteiger charge is 2.17. The van der Waals surface area contributed by atoms with Gasteiger partial charge in [-0.15, -0.1) is 6.42 Å². The van der Waals surface area contributed by atoms with Crippen molar-refractivity contribution in [3.8, 4) is 12.3 Å². The van der Waals surface area contributed by atoms with Gasteiger partial charge in [-0.1, -0.05) is 40.5 Å². The van der Waals surface area contributed by atoms with Crippen molar-refractivity contribution in [1.29, 1.82) is 0 Å². The van der Waals surface area contributed by atoms with Crippen LogP contribution in [0.5, 0.6) is 0 Å². The van der Waals surface area contributed by atoms with Crippen molar-refractivity contribution in [2.75, 3.05) is 0 Å². The Morgan fingerprint density at radius 3 is 2.70 bits per heavy atom. The number of amides is 1. The Hall–Kier alpha value is -2.66. The maximum atomic E-state index is 12.6. The number of nitrogens with zero attached hydrogens (tertiary/aromatic N) is 3. The summed E-state index contributed by atoms with van der Waals surface area (Å²) in [5.41, 5.74) is 1.32. The van der Waals surface area contributed by atoms with Crippen LogP contribution in [0.1, 0.15) is 15.9 Å². The third kappa shape index (κ3) is 3.60. The topological polar surface area (TPSA) is 77.5 Å². The van der Waals surface area contributed by atoms with E-state index in [0.29, 0.717) is 9.82 Å². The van der Waals surface area contributed by atoms with E-state index in [-0.39, 0.29) is 22.8 Å². The molecule has 9 heteroatoms. The largest absolute Gasteiger partial charge is 0.304 e. The first-order valence-corrected chi connectivity index (χ1v) is 9.15. The Bertz CT molecular complexity index is 1210. The number of carbonyl (C=O) groups is 1. The number of aromatic nitrogens is 1. The lowest BCUT2D eigenvalue weighted by Crippen LogP contribution is -2.17. The summed E-state index contributed by atoms with van der Waals surface area (Å²) in [6, 6.07) is 7.22. The van der Waals surface area contributed by atoms with E-state index >= 15 is 0 Å². The van der Waals surface area contributed by atoms with E-state index in [1.165, 1.54) is 23.5 Å². The molecule has 0 aliphatic carbocycles. The minimum atomic E-state index is -0.690. The summed E-state index contributed by atoms with van der Waals surface area (Å²) < 4.78 is 2.58. The van der Waals surface area contributed by atoms with Gasteiger partial charge in [0.2, 0.25) is 0 Å². The number of benzene rings is 2. The number of nitro benzene ring substituents is 1. The third-order valence-electron chi connectivity index (χ3n) is 3.87. The monoisotopic (exact) mass is 419 g/mol. The van der Waals surface area contributed by atoms with Crippen LogP contribution in [0.3, 0.4) is 0 Å². The summed E-state index contributed by atoms with van der Waals surface area (Å²) in [6.45, 7) is 2.05. The van der Waals surface area contributed by atoms with Crippen LogP contribution in [-0.4, -0.2) is 15.4 Å². The number of aryl methyl sites for hydroxylation is 1. The summed E-state index contributed by atoms with van der Waals surface area (Å²) in [4.78, 5) is 27.5. The standard InChI is InChI=1S/C18H11Cl2N3O3S/c1-3-8-22-16-10(2)13(19)6-7-15(16)27-18(22)21-17(24)12-9-11(23(25)26)4-5-14(12)20/h1,4-7,9H,8H2,2H3. The second kappa shape index (κ2) is 7.53. The predicted molar refractivity (Wildman–Crippen MR) is 106 cm³/mol. The molecule has 3 rings (SSSR count). The van der Waals surface area contributed by atoms with E-state index < -0.39 is 10.8 Å². The number of nitro groups is 1. The normalized spacial score (nSPS) is 11.6. The predicted octanol–water partition coefficient (Wildman–Crippen LogP) is 4.60. The van der Waals surface area contributed by atoms with Gasteiger partial charge in [-0.3, -0.25) is 14.9 Å². The molecule has 0 radical (unpaired) electrons. The smallest absolute Gasteiger partial charge is 0.281 e. The summed E-state index contributed by atoms with van der Waals surface area (Å²) in [7, 11) is 0. The molecule has 0 spiro atoms. The molecule has 0 saturated heterocycles. The van der Waals surface area contributed by atoms with Gasteiger partial charge in [-0.2, -0.15) is 4.99 Å². The van der Waals surface area contributed by atoms with Crippen LogP contribution in [0.4, 0.5) is 5.69 Å². The van der Waals surface area contributed by atoms with Gasteiger partial charge in [0.05, 0.1) is 32.3 Å². The molecule has 3 aromatic rings. The lowest BCUT2D eigenvalue weighted by atomic mass is 10.2. The summed E-state index contributed by atoms with van der Waals surface area (Å²) in [6.07, 6.45) is 5.47. The molecular weight excluding hydrogens is 409 g/mol. The molecule has 2 aromatic carbocycles. The molecule has 0 fully saturated rings. The average Bonchev–Trinajstić information content (AvgIpc) is 2.96. The molecule has 0 N–H and O–H groups in total. The second-order valence-electron chi connectivity index (χ2n) is 5.53. The van der Waals surface area contributed by atoms with Gasteiger partial charge in [-0.25, -0.2) is 0 Å². The fraction of sp³-hybridized carbons (Fsp3) is 0.111. The first kappa shape index (κ1) is 19.1. The van der Waals surface area contributed by atoms with E-state index in [0.717, 1.165) is 21.8 Å². The summed E-state index contributed by atoms with van der Waals surface area (Å²) in [5.74, 6) is 1.85. The molecule has 0 bridgehead atoms. The van der Waals surface area contributed by atoms with Crippen LogP contribution in [-0.2, 0) is 6.54 Å². The Kier molecular flexibility index (Phi) is 5.33. The van der Waals surface area contributed by atoms with E-state index in [9.17, 15) is 14.9 Å². The van der Waals surface area contributed by atoms with E-state index in [4.69, 9.17) is 29.6 Å². The Balaban J connectivity index is 2.22. The Morgan fingerprint density at radius 1 is 1.33 bits per heavy atom.